The quantitative estimate of drug-likeness (QED) is 0.505. The second-order valence-electron chi connectivity index (χ2n) is 9.09. The van der Waals surface area contributed by atoms with Crippen molar-refractivity contribution >= 4 is 6.08 Å². The maximum atomic E-state index is 5.97. The Morgan fingerprint density at radius 1 is 0.871 bits per heavy atom. The van der Waals surface area contributed by atoms with Gasteiger partial charge in [0.15, 0.2) is 0 Å². The monoisotopic (exact) mass is 418 g/mol. The third kappa shape index (κ3) is 7.22. The van der Waals surface area contributed by atoms with E-state index in [-0.39, 0.29) is 0 Å². The lowest BCUT2D eigenvalue weighted by atomic mass is 9.93. The van der Waals surface area contributed by atoms with Crippen LogP contribution in [0, 0.1) is 5.92 Å². The van der Waals surface area contributed by atoms with Crippen LogP contribution in [0.5, 0.6) is 5.75 Å². The van der Waals surface area contributed by atoms with Gasteiger partial charge in [0.05, 0.1) is 6.61 Å². The molecule has 3 heteroatoms. The summed E-state index contributed by atoms with van der Waals surface area (Å²) in [5.41, 5.74) is 3.77. The SMILES string of the molecule is C(=Cc1ccc(-c2ccc(OCCCC3CCNCC3)cc2)cc1)CN1CCCCC1. The molecule has 0 aliphatic carbocycles. The zero-order chi connectivity index (χ0) is 21.1. The highest BCUT2D eigenvalue weighted by Crippen LogP contribution is 2.24. The summed E-state index contributed by atoms with van der Waals surface area (Å²) in [4.78, 5) is 2.55. The minimum atomic E-state index is 0.821. The number of ether oxygens (including phenoxy) is 1. The average Bonchev–Trinajstić information content (AvgIpc) is 2.84. The van der Waals surface area contributed by atoms with Gasteiger partial charge in [-0.3, -0.25) is 4.90 Å². The average molecular weight is 419 g/mol. The highest BCUT2D eigenvalue weighted by molar-refractivity contribution is 5.66. The summed E-state index contributed by atoms with van der Waals surface area (Å²) in [6.45, 7) is 6.76. The van der Waals surface area contributed by atoms with Gasteiger partial charge in [0.25, 0.3) is 0 Å². The summed E-state index contributed by atoms with van der Waals surface area (Å²) >= 11 is 0. The Bertz CT molecular complexity index is 785. The molecule has 4 rings (SSSR count). The largest absolute Gasteiger partial charge is 0.494 e. The first-order valence-corrected chi connectivity index (χ1v) is 12.3. The molecule has 2 aliphatic rings. The molecule has 1 N–H and O–H groups in total. The standard InChI is InChI=1S/C28H38N2O/c1-2-20-30(21-3-1)22-4-6-24-8-10-26(11-9-24)27-12-14-28(15-13-27)31-23-5-7-25-16-18-29-19-17-25/h4,6,8-15,25,29H,1-3,5,7,16-23H2. The summed E-state index contributed by atoms with van der Waals surface area (Å²) in [6.07, 6.45) is 13.7. The zero-order valence-electron chi connectivity index (χ0n) is 18.9. The Morgan fingerprint density at radius 3 is 2.26 bits per heavy atom. The van der Waals surface area contributed by atoms with E-state index >= 15 is 0 Å². The molecular formula is C28H38N2O. The van der Waals surface area contributed by atoms with Crippen molar-refractivity contribution in [3.63, 3.8) is 0 Å². The fourth-order valence-corrected chi connectivity index (χ4v) is 4.74. The van der Waals surface area contributed by atoms with Crippen molar-refractivity contribution in [3.05, 3.63) is 60.2 Å². The van der Waals surface area contributed by atoms with Gasteiger partial charge in [-0.05, 0) is 99.4 Å². The lowest BCUT2D eigenvalue weighted by Gasteiger charge is -2.24. The summed E-state index contributed by atoms with van der Waals surface area (Å²) in [7, 11) is 0. The van der Waals surface area contributed by atoms with Crippen molar-refractivity contribution in [2.24, 2.45) is 5.92 Å². The molecule has 0 aromatic heterocycles. The molecule has 2 aromatic carbocycles. The first kappa shape index (κ1) is 22.1. The normalized spacial score (nSPS) is 18.5. The number of hydrogen-bond acceptors (Lipinski definition) is 3. The molecule has 0 bridgehead atoms. The van der Waals surface area contributed by atoms with Crippen LogP contribution in [0.4, 0.5) is 0 Å². The van der Waals surface area contributed by atoms with Gasteiger partial charge in [-0.15, -0.1) is 0 Å². The summed E-state index contributed by atoms with van der Waals surface area (Å²) < 4.78 is 5.97. The number of piperidine rings is 2. The van der Waals surface area contributed by atoms with Crippen molar-refractivity contribution in [2.45, 2.75) is 44.9 Å². The number of likely N-dealkylation sites (tertiary alicyclic amines) is 1. The lowest BCUT2D eigenvalue weighted by Crippen LogP contribution is -2.29. The van der Waals surface area contributed by atoms with Crippen molar-refractivity contribution in [1.82, 2.24) is 10.2 Å². The van der Waals surface area contributed by atoms with Crippen LogP contribution in [0.1, 0.15) is 50.5 Å². The molecule has 31 heavy (non-hydrogen) atoms. The number of nitrogens with one attached hydrogen (secondary N) is 1. The number of hydrogen-bond donors (Lipinski definition) is 1. The van der Waals surface area contributed by atoms with E-state index in [1.54, 1.807) is 0 Å². The van der Waals surface area contributed by atoms with Crippen LogP contribution in [-0.4, -0.2) is 44.2 Å². The van der Waals surface area contributed by atoms with Gasteiger partial charge in [-0.2, -0.15) is 0 Å². The van der Waals surface area contributed by atoms with E-state index in [1.807, 2.05) is 0 Å². The minimum absolute atomic E-state index is 0.821. The van der Waals surface area contributed by atoms with Crippen LogP contribution in [0.15, 0.2) is 54.6 Å². The van der Waals surface area contributed by atoms with Crippen LogP contribution in [-0.2, 0) is 0 Å². The molecular weight excluding hydrogens is 380 g/mol. The van der Waals surface area contributed by atoms with Gasteiger partial charge in [0.2, 0.25) is 0 Å². The summed E-state index contributed by atoms with van der Waals surface area (Å²) in [5.74, 6) is 1.86. The summed E-state index contributed by atoms with van der Waals surface area (Å²) in [6, 6.07) is 17.4. The third-order valence-corrected chi connectivity index (χ3v) is 6.71. The van der Waals surface area contributed by atoms with E-state index < -0.39 is 0 Å². The lowest BCUT2D eigenvalue weighted by molar-refractivity contribution is 0.252. The molecule has 0 radical (unpaired) electrons. The predicted octanol–water partition coefficient (Wildman–Crippen LogP) is 6.01. The second kappa shape index (κ2) is 12.1. The van der Waals surface area contributed by atoms with Crippen LogP contribution in [0.3, 0.4) is 0 Å². The Labute approximate surface area is 188 Å². The summed E-state index contributed by atoms with van der Waals surface area (Å²) in [5, 5.41) is 3.44. The molecule has 166 valence electrons. The molecule has 2 aromatic rings. The molecule has 2 saturated heterocycles. The highest BCUT2D eigenvalue weighted by atomic mass is 16.5. The smallest absolute Gasteiger partial charge is 0.119 e. The Hall–Kier alpha value is -2.10. The van der Waals surface area contributed by atoms with E-state index in [4.69, 9.17) is 4.74 Å². The molecule has 0 atom stereocenters. The van der Waals surface area contributed by atoms with Gasteiger partial charge in [0, 0.05) is 6.54 Å². The van der Waals surface area contributed by atoms with Gasteiger partial charge < -0.3 is 10.1 Å². The molecule has 0 unspecified atom stereocenters. The first-order valence-electron chi connectivity index (χ1n) is 12.3. The molecule has 2 aliphatic heterocycles. The van der Waals surface area contributed by atoms with Crippen molar-refractivity contribution < 1.29 is 4.74 Å². The number of nitrogens with zero attached hydrogens (tertiary/aromatic N) is 1. The van der Waals surface area contributed by atoms with Gasteiger partial charge in [-0.25, -0.2) is 0 Å². The molecule has 0 spiro atoms. The predicted molar refractivity (Wildman–Crippen MR) is 132 cm³/mol. The first-order chi connectivity index (χ1) is 15.4. The Balaban J connectivity index is 1.21. The second-order valence-corrected chi connectivity index (χ2v) is 9.09. The molecule has 3 nitrogen and oxygen atoms in total. The minimum Gasteiger partial charge on any atom is -0.494 e. The van der Waals surface area contributed by atoms with Crippen LogP contribution >= 0.6 is 0 Å². The van der Waals surface area contributed by atoms with Gasteiger partial charge >= 0.3 is 0 Å². The zero-order valence-corrected chi connectivity index (χ0v) is 18.9. The molecule has 2 heterocycles. The third-order valence-electron chi connectivity index (χ3n) is 6.71. The van der Waals surface area contributed by atoms with E-state index in [0.29, 0.717) is 0 Å². The highest BCUT2D eigenvalue weighted by Gasteiger charge is 2.12. The van der Waals surface area contributed by atoms with Crippen LogP contribution in [0.25, 0.3) is 17.2 Å². The Kier molecular flexibility index (Phi) is 8.61. The van der Waals surface area contributed by atoms with Crippen molar-refractivity contribution in [1.29, 1.82) is 0 Å². The number of benzene rings is 2. The van der Waals surface area contributed by atoms with Gasteiger partial charge in [-0.1, -0.05) is 55.0 Å². The van der Waals surface area contributed by atoms with Crippen LogP contribution < -0.4 is 10.1 Å². The van der Waals surface area contributed by atoms with E-state index in [0.717, 1.165) is 31.2 Å². The van der Waals surface area contributed by atoms with Crippen LogP contribution in [0.2, 0.25) is 0 Å². The topological polar surface area (TPSA) is 24.5 Å². The molecule has 2 fully saturated rings. The van der Waals surface area contributed by atoms with Crippen molar-refractivity contribution in [3.8, 4) is 16.9 Å². The van der Waals surface area contributed by atoms with Gasteiger partial charge in [0.1, 0.15) is 5.75 Å². The fraction of sp³-hybridized carbons (Fsp3) is 0.500. The maximum absolute atomic E-state index is 5.97. The van der Waals surface area contributed by atoms with E-state index in [2.05, 4.69) is 70.9 Å². The maximum Gasteiger partial charge on any atom is 0.119 e. The number of rotatable bonds is 9. The molecule has 0 amide bonds. The van der Waals surface area contributed by atoms with Crippen molar-refractivity contribution in [2.75, 3.05) is 39.3 Å². The fourth-order valence-electron chi connectivity index (χ4n) is 4.74. The van der Waals surface area contributed by atoms with E-state index in [1.165, 1.54) is 81.4 Å². The van der Waals surface area contributed by atoms with E-state index in [9.17, 15) is 0 Å². The molecule has 0 saturated carbocycles. The Morgan fingerprint density at radius 2 is 1.55 bits per heavy atom.